The summed E-state index contributed by atoms with van der Waals surface area (Å²) in [6, 6.07) is 0. The number of hydrogen-bond donors (Lipinski definition) is 2. The first-order valence-corrected chi connectivity index (χ1v) is 1.61. The molecule has 0 saturated heterocycles. The van der Waals surface area contributed by atoms with Crippen LogP contribution in [-0.4, -0.2) is 16.2 Å². The minimum Gasteiger partial charge on any atom is -0.364 e. The molecule has 0 aromatic carbocycles. The van der Waals surface area contributed by atoms with Crippen LogP contribution in [0.2, 0.25) is 0 Å². The number of aliphatic hydroxyl groups is 1. The van der Waals surface area contributed by atoms with Crippen LogP contribution in [-0.2, 0) is 4.89 Å². The highest BCUT2D eigenvalue weighted by Crippen LogP contribution is 1.97. The summed E-state index contributed by atoms with van der Waals surface area (Å²) >= 11 is 0. The predicted octanol–water partition coefficient (Wildman–Crippen LogP) is 0.204. The van der Waals surface area contributed by atoms with Crippen LogP contribution in [0, 0.1) is 0 Å². The van der Waals surface area contributed by atoms with E-state index in [0.717, 1.165) is 0 Å². The molecule has 0 aliphatic heterocycles. The Morgan fingerprint density at radius 1 is 1.50 bits per heavy atom. The fraction of sp³-hybridized carbons (Fsp3) is 1.00. The van der Waals surface area contributed by atoms with Gasteiger partial charge in [-0.2, -0.15) is 0 Å². The van der Waals surface area contributed by atoms with Gasteiger partial charge in [0, 0.05) is 0 Å². The van der Waals surface area contributed by atoms with Crippen molar-refractivity contribution in [3.05, 3.63) is 0 Å². The maximum atomic E-state index is 8.35. The van der Waals surface area contributed by atoms with Crippen LogP contribution in [0.25, 0.3) is 0 Å². The Hall–Kier alpha value is -0.120. The first-order chi connectivity index (χ1) is 2.56. The molecule has 0 amide bonds. The van der Waals surface area contributed by atoms with E-state index < -0.39 is 5.79 Å². The van der Waals surface area contributed by atoms with Crippen LogP contribution in [0.3, 0.4) is 0 Å². The molecule has 6 heavy (non-hydrogen) atoms. The lowest BCUT2D eigenvalue weighted by molar-refractivity contribution is -0.378. The lowest BCUT2D eigenvalue weighted by atomic mass is 10.4. The van der Waals surface area contributed by atoms with Gasteiger partial charge in [-0.25, -0.2) is 10.1 Å². The molecule has 0 aliphatic carbocycles. The SMILES string of the molecule is CC(C)(O)OO. The largest absolute Gasteiger partial charge is 0.364 e. The van der Waals surface area contributed by atoms with Crippen molar-refractivity contribution < 1.29 is 15.3 Å². The maximum Gasteiger partial charge on any atom is 0.193 e. The van der Waals surface area contributed by atoms with Crippen LogP contribution in [0.1, 0.15) is 13.8 Å². The van der Waals surface area contributed by atoms with Crippen molar-refractivity contribution in [3.8, 4) is 0 Å². The van der Waals surface area contributed by atoms with E-state index in [1.54, 1.807) is 0 Å². The quantitative estimate of drug-likeness (QED) is 0.276. The Morgan fingerprint density at radius 3 is 1.67 bits per heavy atom. The second kappa shape index (κ2) is 1.55. The molecule has 0 fully saturated rings. The van der Waals surface area contributed by atoms with Crippen LogP contribution >= 0.6 is 0 Å². The highest BCUT2D eigenvalue weighted by atomic mass is 17.1. The molecule has 0 unspecified atom stereocenters. The molecule has 0 aliphatic rings. The Morgan fingerprint density at radius 2 is 1.67 bits per heavy atom. The Labute approximate surface area is 36.1 Å². The third-order valence-corrected chi connectivity index (χ3v) is 0.223. The monoisotopic (exact) mass is 92.0 g/mol. The molecule has 0 radical (unpaired) electrons. The van der Waals surface area contributed by atoms with Gasteiger partial charge in [0.15, 0.2) is 5.79 Å². The highest BCUT2D eigenvalue weighted by molar-refractivity contribution is 4.40. The summed E-state index contributed by atoms with van der Waals surface area (Å²) in [4.78, 5) is 3.49. The minimum absolute atomic E-state index is 1.33. The summed E-state index contributed by atoms with van der Waals surface area (Å²) in [5.41, 5.74) is 0. The molecule has 0 spiro atoms. The van der Waals surface area contributed by atoms with Crippen molar-refractivity contribution in [2.75, 3.05) is 0 Å². The van der Waals surface area contributed by atoms with Crippen LogP contribution in [0.15, 0.2) is 0 Å². The van der Waals surface area contributed by atoms with Crippen molar-refractivity contribution in [2.24, 2.45) is 0 Å². The normalized spacial score (nSPS) is 12.0. The zero-order chi connectivity index (χ0) is 5.21. The van der Waals surface area contributed by atoms with Gasteiger partial charge in [-0.3, -0.25) is 0 Å². The molecule has 0 bridgehead atoms. The standard InChI is InChI=1S/C3H8O3/c1-3(2,4)6-5/h4-5H,1-2H3. The third kappa shape index (κ3) is 3.88. The molecule has 0 rings (SSSR count). The molecule has 0 heterocycles. The molecule has 0 atom stereocenters. The molecule has 0 aromatic heterocycles. The summed E-state index contributed by atoms with van der Waals surface area (Å²) in [5.74, 6) is -1.40. The zero-order valence-corrected chi connectivity index (χ0v) is 3.80. The summed E-state index contributed by atoms with van der Waals surface area (Å²) < 4.78 is 0. The van der Waals surface area contributed by atoms with Gasteiger partial charge in [-0.05, 0) is 13.8 Å². The third-order valence-electron chi connectivity index (χ3n) is 0.223. The molecule has 3 nitrogen and oxygen atoms in total. The summed E-state index contributed by atoms with van der Waals surface area (Å²) in [6.07, 6.45) is 0. The van der Waals surface area contributed by atoms with E-state index in [9.17, 15) is 0 Å². The van der Waals surface area contributed by atoms with Crippen LogP contribution in [0.5, 0.6) is 0 Å². The van der Waals surface area contributed by atoms with Gasteiger partial charge in [0.1, 0.15) is 0 Å². The summed E-state index contributed by atoms with van der Waals surface area (Å²) in [7, 11) is 0. The van der Waals surface area contributed by atoms with E-state index in [1.807, 2.05) is 0 Å². The van der Waals surface area contributed by atoms with Crippen molar-refractivity contribution in [3.63, 3.8) is 0 Å². The summed E-state index contributed by atoms with van der Waals surface area (Å²) in [6.45, 7) is 2.65. The van der Waals surface area contributed by atoms with E-state index in [1.165, 1.54) is 13.8 Å². The van der Waals surface area contributed by atoms with Crippen molar-refractivity contribution >= 4 is 0 Å². The van der Waals surface area contributed by atoms with E-state index in [2.05, 4.69) is 4.89 Å². The first kappa shape index (κ1) is 5.88. The van der Waals surface area contributed by atoms with E-state index in [4.69, 9.17) is 10.4 Å². The van der Waals surface area contributed by atoms with Crippen LogP contribution in [0.4, 0.5) is 0 Å². The topological polar surface area (TPSA) is 49.7 Å². The average Bonchev–Trinajstić information content (AvgIpc) is 1.35. The predicted molar refractivity (Wildman–Crippen MR) is 20.0 cm³/mol. The van der Waals surface area contributed by atoms with Crippen molar-refractivity contribution in [1.82, 2.24) is 0 Å². The lowest BCUT2D eigenvalue weighted by Gasteiger charge is -2.09. The Bertz CT molecular complexity index is 35.8. The smallest absolute Gasteiger partial charge is 0.193 e. The van der Waals surface area contributed by atoms with Gasteiger partial charge < -0.3 is 5.11 Å². The Balaban J connectivity index is 3.17. The van der Waals surface area contributed by atoms with Gasteiger partial charge in [0.25, 0.3) is 0 Å². The molecular weight excluding hydrogens is 84.0 g/mol. The van der Waals surface area contributed by atoms with Gasteiger partial charge in [0.05, 0.1) is 0 Å². The van der Waals surface area contributed by atoms with Crippen LogP contribution < -0.4 is 0 Å². The zero-order valence-electron chi connectivity index (χ0n) is 3.80. The van der Waals surface area contributed by atoms with Gasteiger partial charge in [0.2, 0.25) is 0 Å². The van der Waals surface area contributed by atoms with E-state index >= 15 is 0 Å². The summed E-state index contributed by atoms with van der Waals surface area (Å²) in [5, 5.41) is 16.0. The van der Waals surface area contributed by atoms with Gasteiger partial charge in [-0.1, -0.05) is 0 Å². The molecule has 3 heteroatoms. The lowest BCUT2D eigenvalue weighted by Crippen LogP contribution is -2.20. The maximum absolute atomic E-state index is 8.35. The molecule has 0 saturated carbocycles. The van der Waals surface area contributed by atoms with E-state index in [-0.39, 0.29) is 0 Å². The van der Waals surface area contributed by atoms with E-state index in [0.29, 0.717) is 0 Å². The second-order valence-electron chi connectivity index (χ2n) is 1.54. The fourth-order valence-electron chi connectivity index (χ4n) is 0. The molecular formula is C3H8O3. The number of hydrogen-bond acceptors (Lipinski definition) is 3. The van der Waals surface area contributed by atoms with Crippen molar-refractivity contribution in [1.29, 1.82) is 0 Å². The molecule has 2 N–H and O–H groups in total. The van der Waals surface area contributed by atoms with Gasteiger partial charge in [-0.15, -0.1) is 0 Å². The fourth-order valence-corrected chi connectivity index (χ4v) is 0. The minimum atomic E-state index is -1.40. The van der Waals surface area contributed by atoms with Gasteiger partial charge >= 0.3 is 0 Å². The highest BCUT2D eigenvalue weighted by Gasteiger charge is 2.09. The average molecular weight is 92.1 g/mol. The molecule has 38 valence electrons. The molecule has 0 aromatic rings. The second-order valence-corrected chi connectivity index (χ2v) is 1.54. The first-order valence-electron chi connectivity index (χ1n) is 1.61. The van der Waals surface area contributed by atoms with Crippen molar-refractivity contribution in [2.45, 2.75) is 19.6 Å². The number of rotatable bonds is 1. The Kier molecular flexibility index (Phi) is 1.52.